The summed E-state index contributed by atoms with van der Waals surface area (Å²) in [6.07, 6.45) is 2.77. The van der Waals surface area contributed by atoms with Gasteiger partial charge in [0, 0.05) is 0 Å². The summed E-state index contributed by atoms with van der Waals surface area (Å²) in [5.74, 6) is 0.266. The molecule has 0 spiro atoms. The van der Waals surface area contributed by atoms with E-state index in [1.165, 1.54) is 17.6 Å². The van der Waals surface area contributed by atoms with Crippen molar-refractivity contribution in [2.45, 2.75) is 12.1 Å². The number of fused-ring (bicyclic) bond motifs is 2. The first kappa shape index (κ1) is 11.6. The quantitative estimate of drug-likeness (QED) is 0.654. The molecular weight excluding hydrogens is 284 g/mol. The standard InChI is InChI=1S/C10H10N6O3S/c17-10-15-5-1-20(18,19)2-6(5)16(10)9-7-8(12-3-11-7)13-4-14-9/h3-6H,1-2H2,(H,15,17)(H,11,12,13,14)/t5-,6-/m0/s1. The first-order valence-electron chi connectivity index (χ1n) is 5.99. The van der Waals surface area contributed by atoms with Gasteiger partial charge < -0.3 is 10.3 Å². The van der Waals surface area contributed by atoms with E-state index >= 15 is 0 Å². The van der Waals surface area contributed by atoms with E-state index in [1.54, 1.807) is 0 Å². The Balaban J connectivity index is 1.85. The molecule has 0 radical (unpaired) electrons. The highest BCUT2D eigenvalue weighted by molar-refractivity contribution is 7.91. The van der Waals surface area contributed by atoms with Crippen LogP contribution in [0, 0.1) is 0 Å². The second-order valence-corrected chi connectivity index (χ2v) is 7.02. The first-order chi connectivity index (χ1) is 9.55. The number of hydrogen-bond donors (Lipinski definition) is 2. The molecule has 2 aliphatic rings. The molecule has 0 aliphatic carbocycles. The van der Waals surface area contributed by atoms with Gasteiger partial charge in [-0.05, 0) is 0 Å². The average molecular weight is 294 g/mol. The van der Waals surface area contributed by atoms with Crippen LogP contribution >= 0.6 is 0 Å². The summed E-state index contributed by atoms with van der Waals surface area (Å²) in [6.45, 7) is 0. The molecule has 0 aromatic carbocycles. The number of nitrogens with one attached hydrogen (secondary N) is 2. The summed E-state index contributed by atoms with van der Waals surface area (Å²) in [6, 6.07) is -1.17. The number of imidazole rings is 1. The number of rotatable bonds is 1. The summed E-state index contributed by atoms with van der Waals surface area (Å²) in [7, 11) is -3.14. The predicted molar refractivity (Wildman–Crippen MR) is 68.9 cm³/mol. The number of hydrogen-bond acceptors (Lipinski definition) is 6. The summed E-state index contributed by atoms with van der Waals surface area (Å²) in [5.41, 5.74) is 0.958. The number of anilines is 1. The fourth-order valence-corrected chi connectivity index (χ4v) is 4.68. The number of aromatic nitrogens is 4. The van der Waals surface area contributed by atoms with E-state index in [9.17, 15) is 13.2 Å². The molecule has 2 aromatic rings. The summed E-state index contributed by atoms with van der Waals surface area (Å²) in [5, 5.41) is 2.69. The lowest BCUT2D eigenvalue weighted by molar-refractivity contribution is 0.251. The third kappa shape index (κ3) is 1.51. The molecule has 2 fully saturated rings. The van der Waals surface area contributed by atoms with Gasteiger partial charge in [0.25, 0.3) is 0 Å². The maximum atomic E-state index is 12.1. The molecule has 0 unspecified atom stereocenters. The van der Waals surface area contributed by atoms with Gasteiger partial charge in [-0.25, -0.2) is 28.2 Å². The van der Waals surface area contributed by atoms with E-state index < -0.39 is 15.9 Å². The fourth-order valence-electron chi connectivity index (χ4n) is 2.79. The average Bonchev–Trinajstić information content (AvgIpc) is 3.00. The molecule has 10 heteroatoms. The van der Waals surface area contributed by atoms with Crippen LogP contribution in [0.25, 0.3) is 11.2 Å². The Labute approximate surface area is 113 Å². The van der Waals surface area contributed by atoms with E-state index in [-0.39, 0.29) is 23.6 Å². The largest absolute Gasteiger partial charge is 0.340 e. The Bertz CT molecular complexity index is 815. The lowest BCUT2D eigenvalue weighted by Crippen LogP contribution is -2.37. The van der Waals surface area contributed by atoms with E-state index in [2.05, 4.69) is 25.3 Å². The predicted octanol–water partition coefficient (Wildman–Crippen LogP) is -0.952. The van der Waals surface area contributed by atoms with Crippen LogP contribution in [0.1, 0.15) is 0 Å². The topological polar surface area (TPSA) is 121 Å². The van der Waals surface area contributed by atoms with Crippen molar-refractivity contribution in [1.29, 1.82) is 0 Å². The third-order valence-corrected chi connectivity index (χ3v) is 5.33. The Morgan fingerprint density at radius 1 is 1.25 bits per heavy atom. The molecule has 0 bridgehead atoms. The third-order valence-electron chi connectivity index (χ3n) is 3.61. The van der Waals surface area contributed by atoms with Crippen LogP contribution in [0.5, 0.6) is 0 Å². The highest BCUT2D eigenvalue weighted by Gasteiger charge is 2.50. The minimum absolute atomic E-state index is 0.0306. The van der Waals surface area contributed by atoms with Crippen molar-refractivity contribution in [3.8, 4) is 0 Å². The molecule has 20 heavy (non-hydrogen) atoms. The molecule has 2 aromatic heterocycles. The van der Waals surface area contributed by atoms with Gasteiger partial charge in [0.1, 0.15) is 11.8 Å². The van der Waals surface area contributed by atoms with Gasteiger partial charge in [0.2, 0.25) is 0 Å². The molecule has 104 valence electrons. The lowest BCUT2D eigenvalue weighted by atomic mass is 10.2. The zero-order valence-electron chi connectivity index (χ0n) is 10.1. The van der Waals surface area contributed by atoms with Crippen LogP contribution in [-0.4, -0.2) is 58.0 Å². The van der Waals surface area contributed by atoms with Gasteiger partial charge >= 0.3 is 6.03 Å². The number of sulfone groups is 1. The molecule has 2 N–H and O–H groups in total. The van der Waals surface area contributed by atoms with Crippen LogP contribution < -0.4 is 10.2 Å². The molecule has 2 aliphatic heterocycles. The van der Waals surface area contributed by atoms with Crippen molar-refractivity contribution in [3.63, 3.8) is 0 Å². The van der Waals surface area contributed by atoms with Crippen molar-refractivity contribution in [2.75, 3.05) is 16.4 Å². The van der Waals surface area contributed by atoms with Crippen LogP contribution in [0.2, 0.25) is 0 Å². The SMILES string of the molecule is O=C1N[C@H]2CS(=O)(=O)C[C@@H]2N1c1ncnc2nc[nH]c12. The van der Waals surface area contributed by atoms with Crippen molar-refractivity contribution in [3.05, 3.63) is 12.7 Å². The van der Waals surface area contributed by atoms with E-state index in [4.69, 9.17) is 0 Å². The number of aromatic amines is 1. The first-order valence-corrected chi connectivity index (χ1v) is 7.81. The number of amides is 2. The highest BCUT2D eigenvalue weighted by Crippen LogP contribution is 2.30. The molecule has 9 nitrogen and oxygen atoms in total. The summed E-state index contributed by atoms with van der Waals surface area (Å²) < 4.78 is 23.4. The number of urea groups is 1. The number of nitrogens with zero attached hydrogens (tertiary/aromatic N) is 4. The van der Waals surface area contributed by atoms with Crippen molar-refractivity contribution in [2.24, 2.45) is 0 Å². The highest BCUT2D eigenvalue weighted by atomic mass is 32.2. The molecule has 2 amide bonds. The van der Waals surface area contributed by atoms with E-state index in [1.807, 2.05) is 0 Å². The van der Waals surface area contributed by atoms with Gasteiger partial charge in [-0.1, -0.05) is 0 Å². The van der Waals surface area contributed by atoms with Gasteiger partial charge in [0.15, 0.2) is 21.3 Å². The number of carbonyl (C=O) groups excluding carboxylic acids is 1. The Hall–Kier alpha value is -2.23. The van der Waals surface area contributed by atoms with Crippen LogP contribution in [0.3, 0.4) is 0 Å². The zero-order valence-corrected chi connectivity index (χ0v) is 11.0. The number of H-pyrrole nitrogens is 1. The summed E-state index contributed by atoms with van der Waals surface area (Å²) in [4.78, 5) is 28.5. The molecule has 4 rings (SSSR count). The molecule has 0 saturated carbocycles. The van der Waals surface area contributed by atoms with Crippen molar-refractivity contribution >= 4 is 32.9 Å². The van der Waals surface area contributed by atoms with E-state index in [0.29, 0.717) is 17.0 Å². The Kier molecular flexibility index (Phi) is 2.12. The van der Waals surface area contributed by atoms with Crippen LogP contribution in [0.4, 0.5) is 10.6 Å². The van der Waals surface area contributed by atoms with Crippen molar-refractivity contribution < 1.29 is 13.2 Å². The minimum Gasteiger partial charge on any atom is -0.340 e. The Morgan fingerprint density at radius 3 is 2.95 bits per heavy atom. The van der Waals surface area contributed by atoms with Gasteiger partial charge in [-0.3, -0.25) is 4.90 Å². The molecule has 2 saturated heterocycles. The van der Waals surface area contributed by atoms with Crippen molar-refractivity contribution in [1.82, 2.24) is 25.3 Å². The van der Waals surface area contributed by atoms with Gasteiger partial charge in [-0.15, -0.1) is 0 Å². The minimum atomic E-state index is -3.14. The second kappa shape index (κ2) is 3.66. The van der Waals surface area contributed by atoms with Gasteiger partial charge in [-0.2, -0.15) is 0 Å². The van der Waals surface area contributed by atoms with Crippen LogP contribution in [-0.2, 0) is 9.84 Å². The summed E-state index contributed by atoms with van der Waals surface area (Å²) >= 11 is 0. The van der Waals surface area contributed by atoms with Crippen LogP contribution in [0.15, 0.2) is 12.7 Å². The molecule has 2 atom stereocenters. The maximum absolute atomic E-state index is 12.1. The monoisotopic (exact) mass is 294 g/mol. The molecule has 4 heterocycles. The maximum Gasteiger partial charge on any atom is 0.323 e. The normalized spacial score (nSPS) is 27.8. The second-order valence-electron chi connectivity index (χ2n) is 4.87. The fraction of sp³-hybridized carbons (Fsp3) is 0.400. The Morgan fingerprint density at radius 2 is 2.10 bits per heavy atom. The smallest absolute Gasteiger partial charge is 0.323 e. The zero-order chi connectivity index (χ0) is 13.9. The lowest BCUT2D eigenvalue weighted by Gasteiger charge is -2.20. The van der Waals surface area contributed by atoms with Gasteiger partial charge in [0.05, 0.1) is 29.9 Å². The van der Waals surface area contributed by atoms with E-state index in [0.717, 1.165) is 0 Å². The molecular formula is C10H10N6O3S. The number of carbonyl (C=O) groups is 1.